The Balaban J connectivity index is 0.000000273. The number of hydrogen-bond acceptors (Lipinski definition) is 2. The second-order valence-electron chi connectivity index (χ2n) is 6.17. The summed E-state index contributed by atoms with van der Waals surface area (Å²) in [7, 11) is -1.28. The first-order valence-corrected chi connectivity index (χ1v) is 13.2. The SMILES string of the molecule is C#Cc1ccc(/C=C/Br)nc1.C[Si](C)(C)C#Cc1ccc(/C=C/Br)nc1. The van der Waals surface area contributed by atoms with Crippen molar-refractivity contribution in [2.24, 2.45) is 0 Å². The van der Waals surface area contributed by atoms with Gasteiger partial charge in [-0.15, -0.1) is 12.0 Å². The number of terminal acetylenes is 1. The quantitative estimate of drug-likeness (QED) is 0.377. The minimum Gasteiger partial charge on any atom is -0.256 e. The smallest absolute Gasteiger partial charge is 0.129 e. The molecule has 2 aromatic heterocycles. The summed E-state index contributed by atoms with van der Waals surface area (Å²) < 4.78 is 0. The second-order valence-corrected chi connectivity index (χ2v) is 12.0. The fraction of sp³-hybridized carbons (Fsp3) is 0.143. The molecule has 0 spiro atoms. The highest BCUT2D eigenvalue weighted by atomic mass is 79.9. The zero-order chi connectivity index (χ0) is 19.4. The summed E-state index contributed by atoms with van der Waals surface area (Å²) >= 11 is 6.38. The minimum atomic E-state index is -1.28. The Morgan fingerprint density at radius 1 is 0.885 bits per heavy atom. The number of aromatic nitrogens is 2. The van der Waals surface area contributed by atoms with Crippen molar-refractivity contribution in [3.05, 3.63) is 69.1 Å². The molecule has 0 bridgehead atoms. The monoisotopic (exact) mass is 486 g/mol. The normalized spacial score (nSPS) is 10.6. The van der Waals surface area contributed by atoms with Crippen LogP contribution < -0.4 is 0 Å². The fourth-order valence-electron chi connectivity index (χ4n) is 1.56. The van der Waals surface area contributed by atoms with E-state index in [0.29, 0.717) is 0 Å². The topological polar surface area (TPSA) is 25.8 Å². The summed E-state index contributed by atoms with van der Waals surface area (Å²) in [4.78, 5) is 11.9. The van der Waals surface area contributed by atoms with Gasteiger partial charge in [0, 0.05) is 23.5 Å². The van der Waals surface area contributed by atoms with Gasteiger partial charge in [0.1, 0.15) is 8.07 Å². The van der Waals surface area contributed by atoms with Crippen molar-refractivity contribution in [1.82, 2.24) is 9.97 Å². The molecule has 0 fully saturated rings. The first-order valence-electron chi connectivity index (χ1n) is 7.83. The van der Waals surface area contributed by atoms with Gasteiger partial charge in [-0.1, -0.05) is 63.3 Å². The zero-order valence-corrected chi connectivity index (χ0v) is 19.2. The van der Waals surface area contributed by atoms with E-state index in [-0.39, 0.29) is 0 Å². The van der Waals surface area contributed by atoms with Gasteiger partial charge < -0.3 is 0 Å². The summed E-state index contributed by atoms with van der Waals surface area (Å²) in [6.45, 7) is 6.69. The van der Waals surface area contributed by atoms with E-state index in [1.165, 1.54) is 0 Å². The number of pyridine rings is 2. The van der Waals surface area contributed by atoms with Gasteiger partial charge in [-0.05, 0) is 46.4 Å². The Morgan fingerprint density at radius 2 is 1.38 bits per heavy atom. The average Bonchev–Trinajstić information content (AvgIpc) is 2.62. The largest absolute Gasteiger partial charge is 0.256 e. The molecule has 2 heterocycles. The van der Waals surface area contributed by atoms with Crippen LogP contribution in [0.1, 0.15) is 22.5 Å². The van der Waals surface area contributed by atoms with Gasteiger partial charge in [0.25, 0.3) is 0 Å². The molecule has 0 unspecified atom stereocenters. The summed E-state index contributed by atoms with van der Waals surface area (Å²) in [5.41, 5.74) is 6.93. The highest BCUT2D eigenvalue weighted by Crippen LogP contribution is 2.04. The van der Waals surface area contributed by atoms with Crippen LogP contribution in [0.15, 0.2) is 46.6 Å². The van der Waals surface area contributed by atoms with E-state index < -0.39 is 8.07 Å². The molecule has 0 aliphatic rings. The highest BCUT2D eigenvalue weighted by Gasteiger charge is 2.07. The Bertz CT molecular complexity index is 845. The molecule has 0 saturated carbocycles. The third-order valence-corrected chi connectivity index (χ3v) is 4.19. The lowest BCUT2D eigenvalue weighted by Crippen LogP contribution is -2.16. The van der Waals surface area contributed by atoms with Crippen LogP contribution >= 0.6 is 31.9 Å². The van der Waals surface area contributed by atoms with Crippen molar-refractivity contribution in [2.75, 3.05) is 0 Å². The molecule has 2 rings (SSSR count). The van der Waals surface area contributed by atoms with Gasteiger partial charge in [0.15, 0.2) is 0 Å². The van der Waals surface area contributed by atoms with E-state index in [1.807, 2.05) is 42.6 Å². The molecule has 0 aliphatic carbocycles. The van der Waals surface area contributed by atoms with Crippen LogP contribution in [-0.4, -0.2) is 18.0 Å². The molecule has 2 aromatic rings. The molecule has 2 nitrogen and oxygen atoms in total. The molecule has 0 atom stereocenters. The predicted molar refractivity (Wildman–Crippen MR) is 123 cm³/mol. The lowest BCUT2D eigenvalue weighted by molar-refractivity contribution is 1.28. The lowest BCUT2D eigenvalue weighted by Gasteiger charge is -2.03. The van der Waals surface area contributed by atoms with Crippen LogP contribution in [-0.2, 0) is 0 Å². The van der Waals surface area contributed by atoms with Crippen molar-refractivity contribution < 1.29 is 0 Å². The molecule has 0 amide bonds. The van der Waals surface area contributed by atoms with Gasteiger partial charge in [0.2, 0.25) is 0 Å². The molecular formula is C21H20Br2N2Si. The van der Waals surface area contributed by atoms with Crippen LogP contribution in [0.2, 0.25) is 19.6 Å². The maximum atomic E-state index is 5.16. The number of nitrogens with zero attached hydrogens (tertiary/aromatic N) is 2. The van der Waals surface area contributed by atoms with E-state index in [1.54, 1.807) is 16.2 Å². The summed E-state index contributed by atoms with van der Waals surface area (Å²) in [5, 5.41) is 0. The predicted octanol–water partition coefficient (Wildman–Crippen LogP) is 6.10. The van der Waals surface area contributed by atoms with E-state index in [2.05, 4.69) is 78.9 Å². The molecule has 0 radical (unpaired) electrons. The first kappa shape index (κ1) is 22.1. The van der Waals surface area contributed by atoms with Crippen LogP contribution in [0.25, 0.3) is 12.2 Å². The summed E-state index contributed by atoms with van der Waals surface area (Å²) in [6.07, 6.45) is 12.4. The zero-order valence-electron chi connectivity index (χ0n) is 15.0. The average molecular weight is 488 g/mol. The first-order chi connectivity index (χ1) is 12.4. The van der Waals surface area contributed by atoms with E-state index in [9.17, 15) is 0 Å². The van der Waals surface area contributed by atoms with Crippen molar-refractivity contribution in [3.8, 4) is 23.8 Å². The highest BCUT2D eigenvalue weighted by molar-refractivity contribution is 9.11. The van der Waals surface area contributed by atoms with Crippen LogP contribution in [0, 0.1) is 23.8 Å². The number of halogens is 2. The minimum absolute atomic E-state index is 0.803. The van der Waals surface area contributed by atoms with Crippen LogP contribution in [0.3, 0.4) is 0 Å². The number of hydrogen-bond donors (Lipinski definition) is 0. The molecule has 26 heavy (non-hydrogen) atoms. The molecule has 0 N–H and O–H groups in total. The third kappa shape index (κ3) is 9.53. The Hall–Kier alpha value is -1.92. The summed E-state index contributed by atoms with van der Waals surface area (Å²) in [5.74, 6) is 5.67. The maximum absolute atomic E-state index is 5.16. The standard InChI is InChI=1S/C12H14BrNSi.C9H6BrN/c1-15(2,3)9-7-11-4-5-12(6-8-13)14-10-11;1-2-8-3-4-9(5-6-10)11-7-8/h4-6,8,10H,1-3H3;1,3-7H/b8-6+;6-5+. The van der Waals surface area contributed by atoms with Crippen molar-refractivity contribution in [2.45, 2.75) is 19.6 Å². The van der Waals surface area contributed by atoms with Crippen molar-refractivity contribution in [3.63, 3.8) is 0 Å². The Labute approximate surface area is 174 Å². The van der Waals surface area contributed by atoms with E-state index in [0.717, 1.165) is 22.5 Å². The molecular weight excluding hydrogens is 468 g/mol. The van der Waals surface area contributed by atoms with Gasteiger partial charge in [-0.2, -0.15) is 0 Å². The lowest BCUT2D eigenvalue weighted by atomic mass is 10.2. The molecule has 5 heteroatoms. The van der Waals surface area contributed by atoms with Gasteiger partial charge >= 0.3 is 0 Å². The van der Waals surface area contributed by atoms with E-state index >= 15 is 0 Å². The van der Waals surface area contributed by atoms with Crippen molar-refractivity contribution in [1.29, 1.82) is 0 Å². The van der Waals surface area contributed by atoms with Crippen LogP contribution in [0.4, 0.5) is 0 Å². The molecule has 0 aromatic carbocycles. The Kier molecular flexibility index (Phi) is 9.91. The maximum Gasteiger partial charge on any atom is 0.129 e. The van der Waals surface area contributed by atoms with Crippen LogP contribution in [0.5, 0.6) is 0 Å². The Morgan fingerprint density at radius 3 is 1.73 bits per heavy atom. The van der Waals surface area contributed by atoms with Crippen molar-refractivity contribution >= 4 is 52.1 Å². The summed E-state index contributed by atoms with van der Waals surface area (Å²) in [6, 6.07) is 7.69. The second kappa shape index (κ2) is 11.6. The van der Waals surface area contributed by atoms with Gasteiger partial charge in [-0.25, -0.2) is 0 Å². The molecule has 0 aliphatic heterocycles. The molecule has 132 valence electrons. The number of rotatable bonds is 2. The van der Waals surface area contributed by atoms with Gasteiger partial charge in [-0.3, -0.25) is 9.97 Å². The van der Waals surface area contributed by atoms with Gasteiger partial charge in [0.05, 0.1) is 11.4 Å². The van der Waals surface area contributed by atoms with E-state index in [4.69, 9.17) is 6.42 Å². The molecule has 0 saturated heterocycles. The fourth-order valence-corrected chi connectivity index (χ4v) is 2.62. The third-order valence-electron chi connectivity index (χ3n) is 2.79.